The number of rotatable bonds is 9. The van der Waals surface area contributed by atoms with Crippen molar-refractivity contribution >= 4 is 51.5 Å². The minimum Gasteiger partial charge on any atom is -0.493 e. The third-order valence-electron chi connectivity index (χ3n) is 4.51. The van der Waals surface area contributed by atoms with Crippen molar-refractivity contribution in [1.82, 2.24) is 5.32 Å². The Kier molecular flexibility index (Phi) is 10.4. The van der Waals surface area contributed by atoms with E-state index in [2.05, 4.69) is 21.2 Å². The number of benzene rings is 3. The van der Waals surface area contributed by atoms with Crippen LogP contribution in [-0.2, 0) is 19.6 Å². The van der Waals surface area contributed by atoms with E-state index in [9.17, 15) is 4.39 Å². The van der Waals surface area contributed by atoms with Crippen LogP contribution in [0.1, 0.15) is 16.7 Å². The molecule has 3 rings (SSSR count). The zero-order valence-electron chi connectivity index (χ0n) is 16.8. The number of hydrogen-bond acceptors (Lipinski definition) is 3. The molecule has 0 saturated heterocycles. The van der Waals surface area contributed by atoms with Gasteiger partial charge in [-0.05, 0) is 76.4 Å². The second-order valence-corrected chi connectivity index (χ2v) is 8.38. The van der Waals surface area contributed by atoms with Gasteiger partial charge >= 0.3 is 0 Å². The maximum atomic E-state index is 13.0. The summed E-state index contributed by atoms with van der Waals surface area (Å²) in [5, 5.41) is 4.53. The molecular formula is C23H22BrCl3FNO2. The third kappa shape index (κ3) is 7.55. The molecule has 0 bridgehead atoms. The highest BCUT2D eigenvalue weighted by atomic mass is 79.9. The van der Waals surface area contributed by atoms with Crippen molar-refractivity contribution in [2.75, 3.05) is 13.7 Å². The summed E-state index contributed by atoms with van der Waals surface area (Å²) in [5.74, 6) is 1.02. The van der Waals surface area contributed by atoms with Crippen LogP contribution in [0, 0.1) is 5.82 Å². The topological polar surface area (TPSA) is 30.5 Å². The molecule has 8 heteroatoms. The van der Waals surface area contributed by atoms with E-state index in [1.54, 1.807) is 31.4 Å². The smallest absolute Gasteiger partial charge is 0.175 e. The Morgan fingerprint density at radius 2 is 1.74 bits per heavy atom. The number of halogens is 5. The average molecular weight is 550 g/mol. The van der Waals surface area contributed by atoms with E-state index in [1.807, 2.05) is 18.2 Å². The van der Waals surface area contributed by atoms with Crippen LogP contribution in [0.15, 0.2) is 59.1 Å². The molecule has 0 aromatic heterocycles. The zero-order chi connectivity index (χ0) is 21.5. The highest BCUT2D eigenvalue weighted by molar-refractivity contribution is 9.10. The number of hydrogen-bond donors (Lipinski definition) is 1. The van der Waals surface area contributed by atoms with Gasteiger partial charge in [0.15, 0.2) is 11.5 Å². The number of nitrogens with one attached hydrogen (secondary N) is 1. The van der Waals surface area contributed by atoms with Crippen molar-refractivity contribution in [3.05, 3.63) is 91.6 Å². The van der Waals surface area contributed by atoms with Crippen LogP contribution < -0.4 is 14.8 Å². The Balaban J connectivity index is 0.00000341. The van der Waals surface area contributed by atoms with Gasteiger partial charge in [0.2, 0.25) is 0 Å². The van der Waals surface area contributed by atoms with Gasteiger partial charge in [0, 0.05) is 22.2 Å². The van der Waals surface area contributed by atoms with Gasteiger partial charge in [-0.1, -0.05) is 41.4 Å². The third-order valence-corrected chi connectivity index (χ3v) is 5.69. The molecule has 0 amide bonds. The van der Waals surface area contributed by atoms with Crippen LogP contribution in [0.25, 0.3) is 0 Å². The highest BCUT2D eigenvalue weighted by Gasteiger charge is 2.13. The quantitative estimate of drug-likeness (QED) is 0.286. The van der Waals surface area contributed by atoms with E-state index >= 15 is 0 Å². The maximum absolute atomic E-state index is 13.0. The van der Waals surface area contributed by atoms with Gasteiger partial charge in [-0.15, -0.1) is 12.4 Å². The predicted molar refractivity (Wildman–Crippen MR) is 131 cm³/mol. The lowest BCUT2D eigenvalue weighted by Gasteiger charge is -2.15. The summed E-state index contributed by atoms with van der Waals surface area (Å²) in [4.78, 5) is 0. The van der Waals surface area contributed by atoms with Gasteiger partial charge in [0.05, 0.1) is 11.6 Å². The second-order valence-electron chi connectivity index (χ2n) is 6.69. The molecule has 0 saturated carbocycles. The van der Waals surface area contributed by atoms with Crippen LogP contribution in [0.4, 0.5) is 4.39 Å². The summed E-state index contributed by atoms with van der Waals surface area (Å²) in [6, 6.07) is 15.8. The van der Waals surface area contributed by atoms with Crippen molar-refractivity contribution < 1.29 is 13.9 Å². The minimum atomic E-state index is -0.218. The number of ether oxygens (including phenoxy) is 2. The van der Waals surface area contributed by atoms with Gasteiger partial charge < -0.3 is 14.8 Å². The van der Waals surface area contributed by atoms with Crippen molar-refractivity contribution in [1.29, 1.82) is 0 Å². The monoisotopic (exact) mass is 547 g/mol. The maximum Gasteiger partial charge on any atom is 0.175 e. The van der Waals surface area contributed by atoms with E-state index < -0.39 is 0 Å². The Morgan fingerprint density at radius 1 is 1.00 bits per heavy atom. The Bertz CT molecular complexity index is 1000. The molecule has 0 aliphatic carbocycles. The summed E-state index contributed by atoms with van der Waals surface area (Å²) in [7, 11) is 1.61. The van der Waals surface area contributed by atoms with Gasteiger partial charge in [0.25, 0.3) is 0 Å². The largest absolute Gasteiger partial charge is 0.493 e. The molecule has 0 aliphatic heterocycles. The fourth-order valence-corrected chi connectivity index (χ4v) is 3.99. The fraction of sp³-hybridized carbons (Fsp3) is 0.217. The first kappa shape index (κ1) is 25.8. The first-order chi connectivity index (χ1) is 14.5. The van der Waals surface area contributed by atoms with Crippen LogP contribution in [0.2, 0.25) is 10.0 Å². The molecule has 0 atom stereocenters. The normalized spacial score (nSPS) is 10.5. The molecule has 3 nitrogen and oxygen atoms in total. The van der Waals surface area contributed by atoms with Gasteiger partial charge in [-0.2, -0.15) is 0 Å². The summed E-state index contributed by atoms with van der Waals surface area (Å²) in [5.41, 5.74) is 2.98. The Hall–Kier alpha value is -1.50. The van der Waals surface area contributed by atoms with Crippen LogP contribution in [0.3, 0.4) is 0 Å². The standard InChI is InChI=1S/C23H21BrCl2FNO2.ClH/c1-29-22-11-16(13-28-9-8-15-2-6-19(27)7-3-15)10-20(24)23(22)30-14-17-4-5-18(25)12-21(17)26;/h2-7,10-12,28H,8-9,13-14H2,1H3;1H. The molecule has 0 fully saturated rings. The molecule has 3 aromatic rings. The average Bonchev–Trinajstić information content (AvgIpc) is 2.72. The molecule has 31 heavy (non-hydrogen) atoms. The van der Waals surface area contributed by atoms with Gasteiger partial charge in [0.1, 0.15) is 12.4 Å². The van der Waals surface area contributed by atoms with Crippen molar-refractivity contribution in [2.24, 2.45) is 0 Å². The van der Waals surface area contributed by atoms with Crippen molar-refractivity contribution in [2.45, 2.75) is 19.6 Å². The van der Waals surface area contributed by atoms with Crippen LogP contribution in [-0.4, -0.2) is 13.7 Å². The molecule has 166 valence electrons. The molecule has 0 heterocycles. The summed E-state index contributed by atoms with van der Waals surface area (Å²) in [6.07, 6.45) is 0.821. The van der Waals surface area contributed by atoms with E-state index in [4.69, 9.17) is 32.7 Å². The summed E-state index contributed by atoms with van der Waals surface area (Å²) >= 11 is 15.7. The SMILES string of the molecule is COc1cc(CNCCc2ccc(F)cc2)cc(Br)c1OCc1ccc(Cl)cc1Cl.Cl. The van der Waals surface area contributed by atoms with Crippen molar-refractivity contribution in [3.63, 3.8) is 0 Å². The van der Waals surface area contributed by atoms with Gasteiger partial charge in [-0.3, -0.25) is 0 Å². The van der Waals surface area contributed by atoms with Crippen LogP contribution in [0.5, 0.6) is 11.5 Å². The molecular weight excluding hydrogens is 528 g/mol. The van der Waals surface area contributed by atoms with E-state index in [0.29, 0.717) is 34.7 Å². The molecule has 0 spiro atoms. The summed E-state index contributed by atoms with van der Waals surface area (Å²) < 4.78 is 25.2. The molecule has 3 aromatic carbocycles. The highest BCUT2D eigenvalue weighted by Crippen LogP contribution is 2.37. The fourth-order valence-electron chi connectivity index (χ4n) is 2.92. The Labute approximate surface area is 206 Å². The lowest BCUT2D eigenvalue weighted by Crippen LogP contribution is -2.16. The van der Waals surface area contributed by atoms with E-state index in [0.717, 1.165) is 34.1 Å². The molecule has 0 aliphatic rings. The minimum absolute atomic E-state index is 0. The zero-order valence-corrected chi connectivity index (χ0v) is 20.7. The molecule has 0 radical (unpaired) electrons. The summed E-state index contributed by atoms with van der Waals surface area (Å²) in [6.45, 7) is 1.73. The lowest BCUT2D eigenvalue weighted by molar-refractivity contribution is 0.282. The second kappa shape index (κ2) is 12.5. The van der Waals surface area contributed by atoms with Crippen molar-refractivity contribution in [3.8, 4) is 11.5 Å². The van der Waals surface area contributed by atoms with Crippen LogP contribution >= 0.6 is 51.5 Å². The van der Waals surface area contributed by atoms with E-state index in [1.165, 1.54) is 12.1 Å². The molecule has 1 N–H and O–H groups in total. The Morgan fingerprint density at radius 3 is 2.42 bits per heavy atom. The molecule has 0 unspecified atom stereocenters. The first-order valence-electron chi connectivity index (χ1n) is 9.34. The van der Waals surface area contributed by atoms with Gasteiger partial charge in [-0.25, -0.2) is 4.39 Å². The lowest BCUT2D eigenvalue weighted by atomic mass is 10.1. The first-order valence-corrected chi connectivity index (χ1v) is 10.9. The number of methoxy groups -OCH3 is 1. The van der Waals surface area contributed by atoms with E-state index in [-0.39, 0.29) is 18.2 Å². The predicted octanol–water partition coefficient (Wildman–Crippen LogP) is 7.24.